The molecule has 0 aliphatic rings. The van der Waals surface area contributed by atoms with E-state index in [1.165, 1.54) is 30.4 Å². The van der Waals surface area contributed by atoms with E-state index >= 15 is 0 Å². The smallest absolute Gasteiger partial charge is 0.257 e. The summed E-state index contributed by atoms with van der Waals surface area (Å²) in [5.41, 5.74) is 2.65. The lowest BCUT2D eigenvalue weighted by molar-refractivity contribution is -0.119. The molecule has 0 aliphatic carbocycles. The van der Waals surface area contributed by atoms with Crippen molar-refractivity contribution in [2.45, 2.75) is 13.5 Å². The van der Waals surface area contributed by atoms with Gasteiger partial charge in [0.05, 0.1) is 5.69 Å². The largest absolute Gasteiger partial charge is 0.352 e. The molecule has 2 N–H and O–H groups in total. The lowest BCUT2D eigenvalue weighted by Crippen LogP contribution is -2.19. The van der Waals surface area contributed by atoms with Crippen molar-refractivity contribution in [3.63, 3.8) is 0 Å². The van der Waals surface area contributed by atoms with Crippen molar-refractivity contribution in [1.29, 1.82) is 0 Å². The first-order valence-electron chi connectivity index (χ1n) is 7.87. The molecule has 0 radical (unpaired) electrons. The third-order valence-corrected chi connectivity index (χ3v) is 4.36. The maximum Gasteiger partial charge on any atom is 0.257 e. The number of amides is 2. The van der Waals surface area contributed by atoms with Crippen LogP contribution in [-0.2, 0) is 11.3 Å². The van der Waals surface area contributed by atoms with Gasteiger partial charge in [-0.25, -0.2) is 9.37 Å². The molecule has 2 amide bonds. The van der Waals surface area contributed by atoms with Gasteiger partial charge in [-0.2, -0.15) is 0 Å². The summed E-state index contributed by atoms with van der Waals surface area (Å²) in [6.45, 7) is 1.87. The van der Waals surface area contributed by atoms with Gasteiger partial charge in [-0.3, -0.25) is 14.9 Å². The molecule has 132 valence electrons. The van der Waals surface area contributed by atoms with Gasteiger partial charge in [-0.05, 0) is 29.8 Å². The van der Waals surface area contributed by atoms with Gasteiger partial charge in [0, 0.05) is 30.0 Å². The minimum atomic E-state index is -0.333. The number of hydrogen-bond donors (Lipinski definition) is 2. The van der Waals surface area contributed by atoms with Gasteiger partial charge in [0.15, 0.2) is 5.13 Å². The Labute approximate surface area is 153 Å². The van der Waals surface area contributed by atoms with Gasteiger partial charge in [0.2, 0.25) is 5.91 Å². The Morgan fingerprint density at radius 2 is 1.92 bits per heavy atom. The summed E-state index contributed by atoms with van der Waals surface area (Å²) in [6.07, 6.45) is 0. The van der Waals surface area contributed by atoms with E-state index in [2.05, 4.69) is 15.6 Å². The molecule has 1 heterocycles. The topological polar surface area (TPSA) is 71.1 Å². The highest BCUT2D eigenvalue weighted by Gasteiger charge is 2.10. The first kappa shape index (κ1) is 17.8. The molecule has 0 saturated carbocycles. The number of hydrogen-bond acceptors (Lipinski definition) is 4. The van der Waals surface area contributed by atoms with Crippen LogP contribution in [0.25, 0.3) is 11.3 Å². The van der Waals surface area contributed by atoms with Crippen LogP contribution in [0.1, 0.15) is 22.8 Å². The SMILES string of the molecule is CC(=O)NCc1ccc(C(=O)Nc2nc(-c3cccc(F)c3)cs2)cc1. The molecule has 1 aromatic heterocycles. The number of carbonyl (C=O) groups excluding carboxylic acids is 2. The number of thiazole rings is 1. The average Bonchev–Trinajstić information content (AvgIpc) is 3.09. The maximum absolute atomic E-state index is 13.3. The van der Waals surface area contributed by atoms with Crippen LogP contribution in [0.4, 0.5) is 9.52 Å². The number of nitrogens with zero attached hydrogens (tertiary/aromatic N) is 1. The van der Waals surface area contributed by atoms with Crippen LogP contribution in [-0.4, -0.2) is 16.8 Å². The number of rotatable bonds is 5. The van der Waals surface area contributed by atoms with Crippen molar-refractivity contribution in [3.05, 3.63) is 70.9 Å². The van der Waals surface area contributed by atoms with E-state index in [0.717, 1.165) is 5.56 Å². The number of anilines is 1. The molecule has 0 unspecified atom stereocenters. The molecule has 7 heteroatoms. The second kappa shape index (κ2) is 7.88. The van der Waals surface area contributed by atoms with Crippen molar-refractivity contribution in [2.75, 3.05) is 5.32 Å². The molecule has 0 bridgehead atoms. The van der Waals surface area contributed by atoms with Crippen molar-refractivity contribution in [2.24, 2.45) is 0 Å². The Balaban J connectivity index is 1.66. The highest BCUT2D eigenvalue weighted by Crippen LogP contribution is 2.25. The molecular formula is C19H16FN3O2S. The van der Waals surface area contributed by atoms with Crippen LogP contribution >= 0.6 is 11.3 Å². The van der Waals surface area contributed by atoms with Crippen LogP contribution in [0.3, 0.4) is 0 Å². The zero-order valence-electron chi connectivity index (χ0n) is 14.0. The standard InChI is InChI=1S/C19H16FN3O2S/c1-12(24)21-10-13-5-7-14(8-6-13)18(25)23-19-22-17(11-26-19)15-3-2-4-16(20)9-15/h2-9,11H,10H2,1H3,(H,21,24)(H,22,23,25). The lowest BCUT2D eigenvalue weighted by Gasteiger charge is -2.05. The fourth-order valence-corrected chi connectivity index (χ4v) is 3.00. The number of halogens is 1. The van der Waals surface area contributed by atoms with Gasteiger partial charge in [-0.15, -0.1) is 11.3 Å². The molecule has 0 saturated heterocycles. The maximum atomic E-state index is 13.3. The molecule has 2 aromatic carbocycles. The van der Waals surface area contributed by atoms with Crippen LogP contribution in [0.5, 0.6) is 0 Å². The van der Waals surface area contributed by atoms with E-state index < -0.39 is 0 Å². The molecule has 3 rings (SSSR count). The molecule has 0 spiro atoms. The third kappa shape index (κ3) is 4.52. The number of benzene rings is 2. The second-order valence-corrected chi connectivity index (χ2v) is 6.47. The summed E-state index contributed by atoms with van der Waals surface area (Å²) in [5.74, 6) is -0.721. The van der Waals surface area contributed by atoms with Crippen LogP contribution in [0, 0.1) is 5.82 Å². The zero-order valence-corrected chi connectivity index (χ0v) is 14.8. The van der Waals surface area contributed by atoms with Crippen molar-refractivity contribution < 1.29 is 14.0 Å². The van der Waals surface area contributed by atoms with Crippen molar-refractivity contribution in [3.8, 4) is 11.3 Å². The summed E-state index contributed by atoms with van der Waals surface area (Å²) in [5, 5.41) is 7.64. The summed E-state index contributed by atoms with van der Waals surface area (Å²) < 4.78 is 13.3. The summed E-state index contributed by atoms with van der Waals surface area (Å²) in [7, 11) is 0. The summed E-state index contributed by atoms with van der Waals surface area (Å²) in [4.78, 5) is 27.6. The summed E-state index contributed by atoms with van der Waals surface area (Å²) >= 11 is 1.27. The van der Waals surface area contributed by atoms with Crippen molar-refractivity contribution >= 4 is 28.3 Å². The van der Waals surface area contributed by atoms with Crippen LogP contribution < -0.4 is 10.6 Å². The predicted molar refractivity (Wildman–Crippen MR) is 99.4 cm³/mol. The Hall–Kier alpha value is -3.06. The van der Waals surface area contributed by atoms with E-state index in [1.807, 2.05) is 0 Å². The molecule has 3 aromatic rings. The lowest BCUT2D eigenvalue weighted by atomic mass is 10.1. The number of aromatic nitrogens is 1. The average molecular weight is 369 g/mol. The predicted octanol–water partition coefficient (Wildman–Crippen LogP) is 3.84. The van der Waals surface area contributed by atoms with Crippen LogP contribution in [0.2, 0.25) is 0 Å². The fourth-order valence-electron chi connectivity index (χ4n) is 2.28. The molecular weight excluding hydrogens is 353 g/mol. The van der Waals surface area contributed by atoms with E-state index in [1.54, 1.807) is 41.8 Å². The Morgan fingerprint density at radius 1 is 1.15 bits per heavy atom. The van der Waals surface area contributed by atoms with E-state index in [0.29, 0.717) is 28.5 Å². The van der Waals surface area contributed by atoms with Gasteiger partial charge in [0.1, 0.15) is 5.82 Å². The van der Waals surface area contributed by atoms with E-state index in [4.69, 9.17) is 0 Å². The number of carbonyl (C=O) groups is 2. The third-order valence-electron chi connectivity index (χ3n) is 3.60. The minimum absolute atomic E-state index is 0.107. The summed E-state index contributed by atoms with van der Waals surface area (Å²) in [6, 6.07) is 13.1. The monoisotopic (exact) mass is 369 g/mol. The minimum Gasteiger partial charge on any atom is -0.352 e. The van der Waals surface area contributed by atoms with Crippen molar-refractivity contribution in [1.82, 2.24) is 10.3 Å². The van der Waals surface area contributed by atoms with Gasteiger partial charge in [0.25, 0.3) is 5.91 Å². The molecule has 0 fully saturated rings. The quantitative estimate of drug-likeness (QED) is 0.718. The molecule has 0 aliphatic heterocycles. The van der Waals surface area contributed by atoms with Gasteiger partial charge in [-0.1, -0.05) is 24.3 Å². The zero-order chi connectivity index (χ0) is 18.5. The normalized spacial score (nSPS) is 10.4. The van der Waals surface area contributed by atoms with Gasteiger partial charge >= 0.3 is 0 Å². The van der Waals surface area contributed by atoms with Crippen LogP contribution in [0.15, 0.2) is 53.9 Å². The fraction of sp³-hybridized carbons (Fsp3) is 0.105. The number of nitrogens with one attached hydrogen (secondary N) is 2. The Kier molecular flexibility index (Phi) is 5.38. The van der Waals surface area contributed by atoms with E-state index in [9.17, 15) is 14.0 Å². The Morgan fingerprint density at radius 3 is 2.62 bits per heavy atom. The molecule has 0 atom stereocenters. The molecule has 5 nitrogen and oxygen atoms in total. The highest BCUT2D eigenvalue weighted by molar-refractivity contribution is 7.14. The van der Waals surface area contributed by atoms with Gasteiger partial charge < -0.3 is 5.32 Å². The highest BCUT2D eigenvalue weighted by atomic mass is 32.1. The first-order chi connectivity index (χ1) is 12.5. The van der Waals surface area contributed by atoms with E-state index in [-0.39, 0.29) is 17.6 Å². The Bertz CT molecular complexity index is 938. The molecule has 26 heavy (non-hydrogen) atoms. The first-order valence-corrected chi connectivity index (χ1v) is 8.75. The second-order valence-electron chi connectivity index (χ2n) is 5.61.